The lowest BCUT2D eigenvalue weighted by atomic mass is 10.2. The molecule has 0 N–H and O–H groups in total. The molecule has 37 heavy (non-hydrogen) atoms. The number of thiazole rings is 1. The molecule has 0 saturated heterocycles. The Hall–Kier alpha value is -2.69. The Morgan fingerprint density at radius 1 is 1.11 bits per heavy atom. The van der Waals surface area contributed by atoms with E-state index in [1.165, 1.54) is 39.9 Å². The van der Waals surface area contributed by atoms with Gasteiger partial charge < -0.3 is 9.30 Å². The molecule has 1 aliphatic heterocycles. The van der Waals surface area contributed by atoms with Crippen molar-refractivity contribution >= 4 is 66.4 Å². The van der Waals surface area contributed by atoms with Crippen LogP contribution in [-0.2, 0) is 27.7 Å². The van der Waals surface area contributed by atoms with Gasteiger partial charge in [0, 0.05) is 30.3 Å². The average molecular weight is 577 g/mol. The van der Waals surface area contributed by atoms with Crippen molar-refractivity contribution in [1.82, 2.24) is 4.57 Å². The zero-order valence-corrected chi connectivity index (χ0v) is 23.0. The molecule has 0 aliphatic carbocycles. The highest BCUT2D eigenvalue weighted by molar-refractivity contribution is 7.92. The summed E-state index contributed by atoms with van der Waals surface area (Å²) in [5.41, 5.74) is 2.70. The third-order valence-electron chi connectivity index (χ3n) is 6.09. The molecule has 0 bridgehead atoms. The van der Waals surface area contributed by atoms with Gasteiger partial charge in [-0.15, -0.1) is 0 Å². The molecule has 0 fully saturated rings. The molecule has 0 saturated carbocycles. The Kier molecular flexibility index (Phi) is 7.42. The normalized spacial score (nSPS) is 13.9. The van der Waals surface area contributed by atoms with Crippen LogP contribution < -0.4 is 9.11 Å². The molecular weight excluding hydrogens is 553 g/mol. The van der Waals surface area contributed by atoms with Crippen LogP contribution in [0.2, 0.25) is 10.0 Å². The summed E-state index contributed by atoms with van der Waals surface area (Å²) in [7, 11) is -3.75. The second-order valence-corrected chi connectivity index (χ2v) is 12.1. The van der Waals surface area contributed by atoms with Crippen molar-refractivity contribution in [1.29, 1.82) is 0 Å². The molecule has 4 aromatic rings. The molecule has 2 heterocycles. The van der Waals surface area contributed by atoms with Crippen LogP contribution in [-0.4, -0.2) is 38.7 Å². The number of para-hydroxylation sites is 1. The van der Waals surface area contributed by atoms with Gasteiger partial charge in [-0.2, -0.15) is 4.99 Å². The van der Waals surface area contributed by atoms with Gasteiger partial charge in [0.25, 0.3) is 15.9 Å². The number of halogens is 2. The Bertz CT molecular complexity index is 1660. The number of nitrogens with zero attached hydrogens (tertiary/aromatic N) is 3. The summed E-state index contributed by atoms with van der Waals surface area (Å²) in [6.45, 7) is 3.73. The van der Waals surface area contributed by atoms with E-state index >= 15 is 0 Å². The van der Waals surface area contributed by atoms with Crippen LogP contribution in [0.3, 0.4) is 0 Å². The van der Waals surface area contributed by atoms with Crippen LogP contribution in [0, 0.1) is 0 Å². The number of amides is 1. The van der Waals surface area contributed by atoms with Crippen LogP contribution in [0.15, 0.2) is 70.6 Å². The fraction of sp³-hybridized carbons (Fsp3) is 0.231. The summed E-state index contributed by atoms with van der Waals surface area (Å²) in [4.78, 5) is 18.0. The number of carbonyl (C=O) groups excluding carboxylic acids is 1. The second-order valence-electron chi connectivity index (χ2n) is 8.36. The number of hydrogen-bond donors (Lipinski definition) is 0. The Morgan fingerprint density at radius 3 is 2.62 bits per heavy atom. The molecule has 7 nitrogen and oxygen atoms in total. The first-order chi connectivity index (χ1) is 17.8. The molecule has 3 aromatic carbocycles. The van der Waals surface area contributed by atoms with Gasteiger partial charge in [-0.25, -0.2) is 8.42 Å². The molecule has 5 rings (SSSR count). The Morgan fingerprint density at radius 2 is 1.86 bits per heavy atom. The van der Waals surface area contributed by atoms with Crippen molar-refractivity contribution in [2.24, 2.45) is 4.99 Å². The van der Waals surface area contributed by atoms with E-state index in [0.717, 1.165) is 15.8 Å². The lowest BCUT2D eigenvalue weighted by Gasteiger charge is -2.19. The van der Waals surface area contributed by atoms with Crippen LogP contribution in [0.4, 0.5) is 5.69 Å². The monoisotopic (exact) mass is 575 g/mol. The lowest BCUT2D eigenvalue weighted by Crippen LogP contribution is -2.29. The molecule has 11 heteroatoms. The van der Waals surface area contributed by atoms with Gasteiger partial charge in [0.2, 0.25) is 0 Å². The van der Waals surface area contributed by atoms with Crippen molar-refractivity contribution in [3.8, 4) is 0 Å². The number of sulfonamides is 1. The van der Waals surface area contributed by atoms with Crippen LogP contribution in [0.5, 0.6) is 0 Å². The van der Waals surface area contributed by atoms with Gasteiger partial charge in [-0.05, 0) is 61.4 Å². The first kappa shape index (κ1) is 25.9. The van der Waals surface area contributed by atoms with Gasteiger partial charge in [0.05, 0.1) is 32.4 Å². The molecule has 1 aromatic heterocycles. The maximum Gasteiger partial charge on any atom is 0.279 e. The standard InChI is InChI=1S/C26H23Cl2N3O4S2/c1-2-35-14-13-30-24-21(28)15-19(27)16-23(24)36-26(30)29-25(32)18-7-9-20(10-8-18)37(33,34)31-12-11-17-5-3-4-6-22(17)31/h3-10,15-16H,2,11-14H2,1H3. The van der Waals surface area contributed by atoms with Crippen molar-refractivity contribution < 1.29 is 17.9 Å². The third kappa shape index (κ3) is 5.06. The van der Waals surface area contributed by atoms with E-state index in [-0.39, 0.29) is 10.5 Å². The third-order valence-corrected chi connectivity index (χ3v) is 9.45. The van der Waals surface area contributed by atoms with E-state index in [2.05, 4.69) is 4.99 Å². The predicted molar refractivity (Wildman–Crippen MR) is 147 cm³/mol. The number of hydrogen-bond acceptors (Lipinski definition) is 5. The zero-order valence-electron chi connectivity index (χ0n) is 19.9. The van der Waals surface area contributed by atoms with E-state index in [4.69, 9.17) is 27.9 Å². The lowest BCUT2D eigenvalue weighted by molar-refractivity contribution is 0.0996. The summed E-state index contributed by atoms with van der Waals surface area (Å²) in [5.74, 6) is -0.491. The number of ether oxygens (including phenoxy) is 1. The molecule has 0 radical (unpaired) electrons. The second kappa shape index (κ2) is 10.6. The van der Waals surface area contributed by atoms with E-state index in [9.17, 15) is 13.2 Å². The number of anilines is 1. The molecular formula is C26H23Cl2N3O4S2. The van der Waals surface area contributed by atoms with Gasteiger partial charge in [-0.1, -0.05) is 52.7 Å². The summed E-state index contributed by atoms with van der Waals surface area (Å²) in [5, 5.41) is 0.952. The van der Waals surface area contributed by atoms with Gasteiger partial charge in [0.15, 0.2) is 4.80 Å². The largest absolute Gasteiger partial charge is 0.380 e. The summed E-state index contributed by atoms with van der Waals surface area (Å²) >= 11 is 13.9. The number of fused-ring (bicyclic) bond motifs is 2. The molecule has 0 atom stereocenters. The van der Waals surface area contributed by atoms with E-state index in [0.29, 0.717) is 53.3 Å². The van der Waals surface area contributed by atoms with Crippen LogP contribution in [0.25, 0.3) is 10.2 Å². The first-order valence-corrected chi connectivity index (χ1v) is 14.7. The Balaban J connectivity index is 1.46. The summed E-state index contributed by atoms with van der Waals surface area (Å²) in [6, 6.07) is 16.8. The smallest absolute Gasteiger partial charge is 0.279 e. The van der Waals surface area contributed by atoms with Crippen LogP contribution in [0.1, 0.15) is 22.8 Å². The summed E-state index contributed by atoms with van der Waals surface area (Å²) in [6.07, 6.45) is 0.665. The SMILES string of the molecule is CCOCCn1c(=NC(=O)c2ccc(S(=O)(=O)N3CCc4ccccc43)cc2)sc2cc(Cl)cc(Cl)c21. The van der Waals surface area contributed by atoms with Crippen molar-refractivity contribution in [2.75, 3.05) is 24.1 Å². The van der Waals surface area contributed by atoms with Gasteiger partial charge in [0.1, 0.15) is 0 Å². The first-order valence-electron chi connectivity index (χ1n) is 11.7. The minimum Gasteiger partial charge on any atom is -0.380 e. The van der Waals surface area contributed by atoms with E-state index in [1.807, 2.05) is 35.8 Å². The highest BCUT2D eigenvalue weighted by atomic mass is 35.5. The minimum atomic E-state index is -3.75. The highest BCUT2D eigenvalue weighted by Crippen LogP contribution is 2.33. The number of rotatable bonds is 7. The number of aromatic nitrogens is 1. The minimum absolute atomic E-state index is 0.121. The quantitative estimate of drug-likeness (QED) is 0.271. The van der Waals surface area contributed by atoms with Crippen molar-refractivity contribution in [2.45, 2.75) is 24.8 Å². The maximum absolute atomic E-state index is 13.3. The van der Waals surface area contributed by atoms with Gasteiger partial charge in [-0.3, -0.25) is 9.10 Å². The topological polar surface area (TPSA) is 81.0 Å². The number of carbonyl (C=O) groups is 1. The predicted octanol–water partition coefficient (Wildman–Crippen LogP) is 5.54. The molecule has 192 valence electrons. The number of benzene rings is 3. The van der Waals surface area contributed by atoms with E-state index in [1.54, 1.807) is 12.1 Å². The fourth-order valence-corrected chi connectivity index (χ4v) is 7.67. The van der Waals surface area contributed by atoms with E-state index < -0.39 is 15.9 Å². The van der Waals surface area contributed by atoms with Gasteiger partial charge >= 0.3 is 0 Å². The molecule has 0 spiro atoms. The molecule has 0 unspecified atom stereocenters. The van der Waals surface area contributed by atoms with Crippen molar-refractivity contribution in [3.63, 3.8) is 0 Å². The van der Waals surface area contributed by atoms with Crippen LogP contribution >= 0.6 is 34.5 Å². The Labute approximate surface area is 228 Å². The molecule has 1 amide bonds. The maximum atomic E-state index is 13.3. The average Bonchev–Trinajstić information content (AvgIpc) is 3.46. The fourth-order valence-electron chi connectivity index (χ4n) is 4.33. The van der Waals surface area contributed by atoms with Crippen molar-refractivity contribution in [3.05, 3.63) is 86.6 Å². The zero-order chi connectivity index (χ0) is 26.2. The molecule has 1 aliphatic rings. The highest BCUT2D eigenvalue weighted by Gasteiger charge is 2.30. The summed E-state index contributed by atoms with van der Waals surface area (Å²) < 4.78 is 36.1.